The summed E-state index contributed by atoms with van der Waals surface area (Å²) in [5, 5.41) is 0. The van der Waals surface area contributed by atoms with Gasteiger partial charge in [0, 0.05) is 52.9 Å². The van der Waals surface area contributed by atoms with E-state index in [4.69, 9.17) is 18.9 Å². The van der Waals surface area contributed by atoms with Crippen molar-refractivity contribution in [3.8, 4) is 23.0 Å². The zero-order valence-electron chi connectivity index (χ0n) is 25.2. The molecule has 0 bridgehead atoms. The summed E-state index contributed by atoms with van der Waals surface area (Å²) in [6, 6.07) is 12.3. The van der Waals surface area contributed by atoms with Crippen LogP contribution in [0.5, 0.6) is 23.0 Å². The second-order valence-corrected chi connectivity index (χ2v) is 9.92. The summed E-state index contributed by atoms with van der Waals surface area (Å²) >= 11 is 0. The van der Waals surface area contributed by atoms with Crippen molar-refractivity contribution in [2.45, 2.75) is 6.42 Å². The van der Waals surface area contributed by atoms with E-state index < -0.39 is 0 Å². The Hall–Kier alpha value is -4.22. The highest BCUT2D eigenvalue weighted by Crippen LogP contribution is 2.38. The molecule has 1 aromatic heterocycles. The van der Waals surface area contributed by atoms with Gasteiger partial charge in [-0.2, -0.15) is 0 Å². The number of ether oxygens (including phenoxy) is 4. The van der Waals surface area contributed by atoms with Crippen LogP contribution in [0.15, 0.2) is 58.1 Å². The summed E-state index contributed by atoms with van der Waals surface area (Å²) in [5.41, 5.74) is 0.582. The quantitative estimate of drug-likeness (QED) is 0.173. The second-order valence-electron chi connectivity index (χ2n) is 9.92. The Bertz CT molecular complexity index is 1530. The van der Waals surface area contributed by atoms with Crippen LogP contribution in [0.1, 0.15) is 22.3 Å². The molecule has 43 heavy (non-hydrogen) atoms. The molecule has 0 N–H and O–H groups in total. The molecule has 4 rings (SSSR count). The highest BCUT2D eigenvalue weighted by atomic mass is 35.5. The Morgan fingerprint density at radius 2 is 1.51 bits per heavy atom. The number of nitrogens with zero attached hydrogens (tertiary/aromatic N) is 4. The first-order valence-corrected chi connectivity index (χ1v) is 13.8. The maximum atomic E-state index is 13.1. The Balaban J connectivity index is 0.00000506. The van der Waals surface area contributed by atoms with Gasteiger partial charge in [-0.05, 0) is 42.3 Å². The van der Waals surface area contributed by atoms with Gasteiger partial charge in [-0.3, -0.25) is 23.6 Å². The van der Waals surface area contributed by atoms with Crippen molar-refractivity contribution >= 4 is 30.1 Å². The number of methoxy groups -OCH3 is 3. The molecular weight excluding hydrogens is 576 g/mol. The maximum Gasteiger partial charge on any atom is 0.332 e. The van der Waals surface area contributed by atoms with Crippen molar-refractivity contribution in [3.05, 3.63) is 80.5 Å². The summed E-state index contributed by atoms with van der Waals surface area (Å²) in [6.07, 6.45) is 3.99. The van der Waals surface area contributed by atoms with Crippen molar-refractivity contribution in [2.75, 3.05) is 65.6 Å². The van der Waals surface area contributed by atoms with Gasteiger partial charge in [0.2, 0.25) is 5.75 Å². The van der Waals surface area contributed by atoms with Gasteiger partial charge in [-0.25, -0.2) is 4.79 Å². The van der Waals surface area contributed by atoms with Gasteiger partial charge in [0.05, 0.1) is 33.5 Å². The molecule has 1 aliphatic heterocycles. The molecule has 0 aliphatic carbocycles. The predicted molar refractivity (Wildman–Crippen MR) is 169 cm³/mol. The first-order valence-electron chi connectivity index (χ1n) is 13.8. The van der Waals surface area contributed by atoms with Gasteiger partial charge >= 0.3 is 5.69 Å². The van der Waals surface area contributed by atoms with Crippen molar-refractivity contribution in [2.24, 2.45) is 14.1 Å². The number of benzene rings is 2. The molecule has 0 unspecified atom stereocenters. The van der Waals surface area contributed by atoms with Crippen LogP contribution in [0.3, 0.4) is 0 Å². The molecule has 0 amide bonds. The smallest absolute Gasteiger partial charge is 0.332 e. The van der Waals surface area contributed by atoms with Crippen LogP contribution in [-0.2, 0) is 14.1 Å². The minimum absolute atomic E-state index is 0. The van der Waals surface area contributed by atoms with E-state index in [1.807, 2.05) is 12.1 Å². The molecule has 12 heteroatoms. The molecule has 1 saturated heterocycles. The molecule has 0 spiro atoms. The van der Waals surface area contributed by atoms with Crippen LogP contribution in [-0.4, -0.2) is 80.5 Å². The summed E-state index contributed by atoms with van der Waals surface area (Å²) in [7, 11) is 7.80. The van der Waals surface area contributed by atoms with Crippen LogP contribution in [0.4, 0.5) is 5.82 Å². The number of rotatable bonds is 12. The number of piperazine rings is 1. The van der Waals surface area contributed by atoms with E-state index in [-0.39, 0.29) is 29.4 Å². The normalized spacial score (nSPS) is 13.5. The van der Waals surface area contributed by atoms with E-state index >= 15 is 0 Å². The van der Waals surface area contributed by atoms with Crippen LogP contribution >= 0.6 is 12.4 Å². The topological polar surface area (TPSA) is 104 Å². The SMILES string of the molecule is COc1cc(C=CC(=O)c2ccccc2OCCCN2CCN(c3cc(=O)n(C)c(=O)n3C)CC2)cc(OC)c1OC.Cl. The lowest BCUT2D eigenvalue weighted by Crippen LogP contribution is -2.49. The van der Waals surface area contributed by atoms with E-state index in [1.54, 1.807) is 58.7 Å². The maximum absolute atomic E-state index is 13.1. The molecule has 0 saturated carbocycles. The number of aromatic nitrogens is 2. The van der Waals surface area contributed by atoms with Gasteiger partial charge in [-0.1, -0.05) is 18.2 Å². The number of halogens is 1. The molecule has 1 aliphatic rings. The minimum atomic E-state index is -0.326. The average molecular weight is 615 g/mol. The molecular formula is C31H39ClN4O7. The molecule has 232 valence electrons. The molecule has 0 radical (unpaired) electrons. The lowest BCUT2D eigenvalue weighted by atomic mass is 10.1. The van der Waals surface area contributed by atoms with Gasteiger partial charge < -0.3 is 23.8 Å². The molecule has 1 fully saturated rings. The van der Waals surface area contributed by atoms with E-state index in [0.717, 1.165) is 49.3 Å². The van der Waals surface area contributed by atoms with Gasteiger partial charge in [0.1, 0.15) is 11.6 Å². The molecule has 11 nitrogen and oxygen atoms in total. The summed E-state index contributed by atoms with van der Waals surface area (Å²) in [6.45, 7) is 4.35. The molecule has 0 atom stereocenters. The first kappa shape index (κ1) is 33.3. The lowest BCUT2D eigenvalue weighted by Gasteiger charge is -2.36. The third-order valence-electron chi connectivity index (χ3n) is 7.34. The van der Waals surface area contributed by atoms with Crippen LogP contribution in [0, 0.1) is 0 Å². The van der Waals surface area contributed by atoms with Crippen LogP contribution in [0.25, 0.3) is 6.08 Å². The second kappa shape index (κ2) is 15.3. The molecule has 2 heterocycles. The minimum Gasteiger partial charge on any atom is -0.493 e. The van der Waals surface area contributed by atoms with Crippen molar-refractivity contribution < 1.29 is 23.7 Å². The lowest BCUT2D eigenvalue weighted by molar-refractivity contribution is 0.104. The number of hydrogen-bond acceptors (Lipinski definition) is 9. The monoisotopic (exact) mass is 614 g/mol. The largest absolute Gasteiger partial charge is 0.493 e. The predicted octanol–water partition coefficient (Wildman–Crippen LogP) is 3.02. The van der Waals surface area contributed by atoms with Crippen LogP contribution < -0.4 is 35.1 Å². The van der Waals surface area contributed by atoms with Gasteiger partial charge in [0.25, 0.3) is 5.56 Å². The fourth-order valence-electron chi connectivity index (χ4n) is 4.95. The number of carbonyl (C=O) groups excluding carboxylic acids is 1. The standard InChI is InChI=1S/C31H38N4O7.ClH/c1-32-28(21-29(37)33(2)31(32)38)35-16-14-34(15-17-35)13-8-18-42-25-10-7-6-9-23(25)24(36)12-11-22-19-26(39-3)30(41-5)27(20-22)40-4;/h6-7,9-12,19-21H,8,13-18H2,1-5H3;1H. The fraction of sp³-hybridized carbons (Fsp3) is 0.387. The number of ketones is 1. The molecule has 2 aromatic carbocycles. The highest BCUT2D eigenvalue weighted by molar-refractivity contribution is 6.08. The van der Waals surface area contributed by atoms with Crippen molar-refractivity contribution in [1.82, 2.24) is 14.0 Å². The first-order chi connectivity index (χ1) is 20.3. The fourth-order valence-corrected chi connectivity index (χ4v) is 4.95. The third kappa shape index (κ3) is 7.79. The van der Waals surface area contributed by atoms with Crippen LogP contribution in [0.2, 0.25) is 0 Å². The average Bonchev–Trinajstić information content (AvgIpc) is 3.02. The van der Waals surface area contributed by atoms with Crippen molar-refractivity contribution in [3.63, 3.8) is 0 Å². The number of allylic oxidation sites excluding steroid dienone is 1. The van der Waals surface area contributed by atoms with E-state index in [0.29, 0.717) is 41.0 Å². The third-order valence-corrected chi connectivity index (χ3v) is 7.34. The van der Waals surface area contributed by atoms with E-state index in [9.17, 15) is 14.4 Å². The summed E-state index contributed by atoms with van der Waals surface area (Å²) < 4.78 is 24.8. The highest BCUT2D eigenvalue weighted by Gasteiger charge is 2.20. The van der Waals surface area contributed by atoms with Crippen molar-refractivity contribution in [1.29, 1.82) is 0 Å². The summed E-state index contributed by atoms with van der Waals surface area (Å²) in [4.78, 5) is 41.9. The number of carbonyl (C=O) groups is 1. The number of para-hydroxylation sites is 1. The zero-order chi connectivity index (χ0) is 30.2. The Morgan fingerprint density at radius 3 is 2.14 bits per heavy atom. The number of anilines is 1. The Morgan fingerprint density at radius 1 is 0.860 bits per heavy atom. The zero-order valence-corrected chi connectivity index (χ0v) is 26.0. The van der Waals surface area contributed by atoms with E-state index in [1.165, 1.54) is 23.8 Å². The van der Waals surface area contributed by atoms with E-state index in [2.05, 4.69) is 9.80 Å². The Kier molecular flexibility index (Phi) is 11.8. The van der Waals surface area contributed by atoms with Gasteiger partial charge in [0.15, 0.2) is 17.3 Å². The summed E-state index contributed by atoms with van der Waals surface area (Å²) in [5.74, 6) is 2.50. The Labute approximate surface area is 257 Å². The number of hydrogen-bond donors (Lipinski definition) is 0. The van der Waals surface area contributed by atoms with Gasteiger partial charge in [-0.15, -0.1) is 12.4 Å². The molecule has 3 aromatic rings.